The fourth-order valence-corrected chi connectivity index (χ4v) is 3.51. The third kappa shape index (κ3) is 5.06. The summed E-state index contributed by atoms with van der Waals surface area (Å²) in [7, 11) is -3.40. The average molecular weight is 353 g/mol. The smallest absolute Gasteiger partial charge is 0.338 e. The van der Waals surface area contributed by atoms with Gasteiger partial charge in [0.2, 0.25) is 0 Å². The molecule has 0 saturated heterocycles. The van der Waals surface area contributed by atoms with E-state index in [0.29, 0.717) is 5.92 Å². The summed E-state index contributed by atoms with van der Waals surface area (Å²) in [4.78, 5) is 24.0. The fraction of sp³-hybridized carbons (Fsp3) is 0.529. The summed E-state index contributed by atoms with van der Waals surface area (Å²) in [5.74, 6) is -0.626. The molecule has 0 heterocycles. The normalized spacial score (nSPS) is 21.1. The molecule has 1 amide bonds. The summed E-state index contributed by atoms with van der Waals surface area (Å²) in [6.07, 6.45) is 5.36. The van der Waals surface area contributed by atoms with Gasteiger partial charge >= 0.3 is 5.97 Å². The zero-order chi connectivity index (χ0) is 17.7. The number of amides is 1. The lowest BCUT2D eigenvalue weighted by molar-refractivity contribution is -0.125. The van der Waals surface area contributed by atoms with E-state index >= 15 is 0 Å². The molecule has 1 aliphatic rings. The molecule has 24 heavy (non-hydrogen) atoms. The Morgan fingerprint density at radius 2 is 1.96 bits per heavy atom. The van der Waals surface area contributed by atoms with E-state index in [1.165, 1.54) is 30.7 Å². The van der Waals surface area contributed by atoms with Crippen molar-refractivity contribution in [1.29, 1.82) is 0 Å². The molecule has 1 N–H and O–H groups in total. The van der Waals surface area contributed by atoms with Crippen LogP contribution in [-0.2, 0) is 19.4 Å². The summed E-state index contributed by atoms with van der Waals surface area (Å²) in [5.41, 5.74) is 0.108. The van der Waals surface area contributed by atoms with Crippen molar-refractivity contribution in [2.45, 2.75) is 43.5 Å². The molecule has 132 valence electrons. The van der Waals surface area contributed by atoms with E-state index in [1.54, 1.807) is 0 Å². The van der Waals surface area contributed by atoms with E-state index in [-0.39, 0.29) is 29.0 Å². The molecule has 0 aliphatic heterocycles. The highest BCUT2D eigenvalue weighted by molar-refractivity contribution is 7.90. The quantitative estimate of drug-likeness (QED) is 0.817. The molecule has 0 bridgehead atoms. The number of esters is 1. The summed E-state index contributed by atoms with van der Waals surface area (Å²) in [5, 5.41) is 2.90. The molecule has 7 heteroatoms. The van der Waals surface area contributed by atoms with Gasteiger partial charge in [0.25, 0.3) is 5.91 Å². The SMILES string of the molecule is C[C@@H]1CCCC[C@@H]1NC(=O)COC(=O)c1cccc(S(C)(=O)=O)c1. The van der Waals surface area contributed by atoms with Gasteiger partial charge in [-0.15, -0.1) is 0 Å². The highest BCUT2D eigenvalue weighted by atomic mass is 32.2. The molecule has 0 aromatic heterocycles. The summed E-state index contributed by atoms with van der Waals surface area (Å²) in [6.45, 7) is 1.73. The van der Waals surface area contributed by atoms with Crippen LogP contribution in [0, 0.1) is 5.92 Å². The molecular weight excluding hydrogens is 330 g/mol. The van der Waals surface area contributed by atoms with Crippen LogP contribution in [-0.4, -0.2) is 39.2 Å². The van der Waals surface area contributed by atoms with E-state index in [4.69, 9.17) is 4.74 Å². The topological polar surface area (TPSA) is 89.5 Å². The molecule has 0 unspecified atom stereocenters. The maximum Gasteiger partial charge on any atom is 0.338 e. The van der Waals surface area contributed by atoms with Gasteiger partial charge in [-0.1, -0.05) is 25.8 Å². The van der Waals surface area contributed by atoms with Crippen LogP contribution in [0.4, 0.5) is 0 Å². The van der Waals surface area contributed by atoms with Gasteiger partial charge in [-0.25, -0.2) is 13.2 Å². The van der Waals surface area contributed by atoms with Crippen LogP contribution in [0.2, 0.25) is 0 Å². The molecular formula is C17H23NO5S. The van der Waals surface area contributed by atoms with E-state index in [0.717, 1.165) is 25.5 Å². The maximum absolute atomic E-state index is 12.0. The number of hydrogen-bond acceptors (Lipinski definition) is 5. The van der Waals surface area contributed by atoms with Gasteiger partial charge in [-0.05, 0) is 37.0 Å². The van der Waals surface area contributed by atoms with E-state index < -0.39 is 15.8 Å². The third-order valence-electron chi connectivity index (χ3n) is 4.29. The minimum atomic E-state index is -3.40. The highest BCUT2D eigenvalue weighted by Gasteiger charge is 2.23. The van der Waals surface area contributed by atoms with Gasteiger partial charge in [0.15, 0.2) is 16.4 Å². The largest absolute Gasteiger partial charge is 0.452 e. The number of sulfone groups is 1. The summed E-state index contributed by atoms with van der Waals surface area (Å²) >= 11 is 0. The zero-order valence-corrected chi connectivity index (χ0v) is 14.8. The Morgan fingerprint density at radius 3 is 2.62 bits per heavy atom. The van der Waals surface area contributed by atoms with Crippen LogP contribution in [0.25, 0.3) is 0 Å². The molecule has 6 nitrogen and oxygen atoms in total. The maximum atomic E-state index is 12.0. The van der Waals surface area contributed by atoms with Crippen LogP contribution < -0.4 is 5.32 Å². The van der Waals surface area contributed by atoms with Crippen molar-refractivity contribution in [3.8, 4) is 0 Å². The number of ether oxygens (including phenoxy) is 1. The molecule has 2 rings (SSSR count). The van der Waals surface area contributed by atoms with E-state index in [1.807, 2.05) is 0 Å². The van der Waals surface area contributed by atoms with Gasteiger partial charge < -0.3 is 10.1 Å². The van der Waals surface area contributed by atoms with Gasteiger partial charge in [0, 0.05) is 12.3 Å². The Morgan fingerprint density at radius 1 is 1.25 bits per heavy atom. The zero-order valence-electron chi connectivity index (χ0n) is 13.9. The van der Waals surface area contributed by atoms with Crippen molar-refractivity contribution in [3.05, 3.63) is 29.8 Å². The Balaban J connectivity index is 1.90. The van der Waals surface area contributed by atoms with Crippen molar-refractivity contribution in [2.75, 3.05) is 12.9 Å². The van der Waals surface area contributed by atoms with Crippen LogP contribution >= 0.6 is 0 Å². The molecule has 0 spiro atoms. The van der Waals surface area contributed by atoms with Gasteiger partial charge in [0.1, 0.15) is 0 Å². The van der Waals surface area contributed by atoms with Gasteiger partial charge in [0.05, 0.1) is 10.5 Å². The second-order valence-corrected chi connectivity index (χ2v) is 8.33. The minimum Gasteiger partial charge on any atom is -0.452 e. The number of carbonyl (C=O) groups excluding carboxylic acids is 2. The highest BCUT2D eigenvalue weighted by Crippen LogP contribution is 2.23. The third-order valence-corrected chi connectivity index (χ3v) is 5.40. The first-order valence-corrected chi connectivity index (χ1v) is 9.93. The number of hydrogen-bond donors (Lipinski definition) is 1. The van der Waals surface area contributed by atoms with Crippen molar-refractivity contribution < 1.29 is 22.7 Å². The monoisotopic (exact) mass is 353 g/mol. The average Bonchev–Trinajstić information content (AvgIpc) is 2.54. The second-order valence-electron chi connectivity index (χ2n) is 6.31. The lowest BCUT2D eigenvalue weighted by Crippen LogP contribution is -2.42. The van der Waals surface area contributed by atoms with Crippen molar-refractivity contribution >= 4 is 21.7 Å². The second kappa shape index (κ2) is 7.79. The molecule has 1 aliphatic carbocycles. The van der Waals surface area contributed by atoms with Crippen LogP contribution in [0.15, 0.2) is 29.2 Å². The van der Waals surface area contributed by atoms with E-state index in [9.17, 15) is 18.0 Å². The first-order chi connectivity index (χ1) is 11.3. The van der Waals surface area contributed by atoms with E-state index in [2.05, 4.69) is 12.2 Å². The van der Waals surface area contributed by atoms with Crippen LogP contribution in [0.3, 0.4) is 0 Å². The molecule has 1 aromatic carbocycles. The standard InChI is InChI=1S/C17H23NO5S/c1-12-6-3-4-9-15(12)18-16(19)11-23-17(20)13-7-5-8-14(10-13)24(2,21)22/h5,7-8,10,12,15H,3-4,6,9,11H2,1-2H3,(H,18,19)/t12-,15+/m1/s1. The Hall–Kier alpha value is -1.89. The van der Waals surface area contributed by atoms with Crippen LogP contribution in [0.5, 0.6) is 0 Å². The summed E-state index contributed by atoms with van der Waals surface area (Å²) in [6, 6.07) is 5.70. The van der Waals surface area contributed by atoms with Crippen molar-refractivity contribution in [1.82, 2.24) is 5.32 Å². The lowest BCUT2D eigenvalue weighted by Gasteiger charge is -2.29. The molecule has 2 atom stereocenters. The number of carbonyl (C=O) groups is 2. The van der Waals surface area contributed by atoms with Crippen molar-refractivity contribution in [3.63, 3.8) is 0 Å². The molecule has 1 aromatic rings. The Labute approximate surface area is 142 Å². The first kappa shape index (κ1) is 18.4. The predicted molar refractivity (Wildman–Crippen MR) is 89.4 cm³/mol. The minimum absolute atomic E-state index is 0.0393. The number of benzene rings is 1. The number of nitrogens with one attached hydrogen (secondary N) is 1. The van der Waals surface area contributed by atoms with Crippen LogP contribution in [0.1, 0.15) is 43.0 Å². The van der Waals surface area contributed by atoms with Crippen molar-refractivity contribution in [2.24, 2.45) is 5.92 Å². The lowest BCUT2D eigenvalue weighted by atomic mass is 9.86. The fourth-order valence-electron chi connectivity index (χ4n) is 2.85. The molecule has 0 radical (unpaired) electrons. The van der Waals surface area contributed by atoms with Gasteiger partial charge in [-0.2, -0.15) is 0 Å². The molecule has 1 saturated carbocycles. The van der Waals surface area contributed by atoms with Gasteiger partial charge in [-0.3, -0.25) is 4.79 Å². The number of rotatable bonds is 5. The Bertz CT molecular complexity index is 713. The Kier molecular flexibility index (Phi) is 5.99. The first-order valence-electron chi connectivity index (χ1n) is 8.04. The predicted octanol–water partition coefficient (Wildman–Crippen LogP) is 1.94. The molecule has 1 fully saturated rings. The summed E-state index contributed by atoms with van der Waals surface area (Å²) < 4.78 is 28.0.